The number of hydrogen-bond acceptors (Lipinski definition) is 6. The second kappa shape index (κ2) is 6.43. The van der Waals surface area contributed by atoms with E-state index in [4.69, 9.17) is 9.47 Å². The van der Waals surface area contributed by atoms with Crippen LogP contribution < -0.4 is 9.47 Å². The second-order valence-electron chi connectivity index (χ2n) is 5.94. The molecule has 1 fully saturated rings. The van der Waals surface area contributed by atoms with Crippen LogP contribution in [0.25, 0.3) is 0 Å². The molecule has 0 saturated carbocycles. The molecule has 7 nitrogen and oxygen atoms in total. The molecule has 1 saturated heterocycles. The molecular weight excluding hydrogens is 330 g/mol. The van der Waals surface area contributed by atoms with Crippen LogP contribution in [0.5, 0.6) is 11.5 Å². The fraction of sp³-hybridized carbons (Fsp3) is 0.500. The molecule has 24 heavy (non-hydrogen) atoms. The Hall–Kier alpha value is -2.09. The van der Waals surface area contributed by atoms with Gasteiger partial charge in [-0.2, -0.15) is 5.10 Å². The quantitative estimate of drug-likeness (QED) is 0.813. The second-order valence-corrected chi connectivity index (χ2v) is 8.17. The standard InChI is InChI=1S/C16H21N3O4S/c1-11-17-16(18-19(11)13-6-7-24(20,21)10-13)9-12-4-5-14(22-2)15(8-12)23-3/h4-5,8,13H,6-7,9-10H2,1-3H3/t13-/m1/s1. The van der Waals surface area contributed by atoms with Crippen LogP contribution in [0.2, 0.25) is 0 Å². The van der Waals surface area contributed by atoms with Crippen LogP contribution >= 0.6 is 0 Å². The molecule has 0 aliphatic carbocycles. The van der Waals surface area contributed by atoms with E-state index in [2.05, 4.69) is 10.1 Å². The van der Waals surface area contributed by atoms with E-state index < -0.39 is 9.84 Å². The first-order valence-corrected chi connectivity index (χ1v) is 9.57. The Morgan fingerprint density at radius 2 is 2.00 bits per heavy atom. The summed E-state index contributed by atoms with van der Waals surface area (Å²) in [4.78, 5) is 4.48. The fourth-order valence-corrected chi connectivity index (χ4v) is 4.71. The van der Waals surface area contributed by atoms with Crippen LogP contribution in [-0.2, 0) is 16.3 Å². The van der Waals surface area contributed by atoms with Gasteiger partial charge in [0, 0.05) is 6.42 Å². The molecule has 1 aliphatic heterocycles. The maximum absolute atomic E-state index is 11.7. The number of sulfone groups is 1. The topological polar surface area (TPSA) is 83.3 Å². The van der Waals surface area contributed by atoms with Gasteiger partial charge in [-0.15, -0.1) is 0 Å². The van der Waals surface area contributed by atoms with Gasteiger partial charge in [-0.05, 0) is 31.0 Å². The number of aromatic nitrogens is 3. The summed E-state index contributed by atoms with van der Waals surface area (Å²) in [5.41, 5.74) is 1.00. The van der Waals surface area contributed by atoms with Crippen molar-refractivity contribution in [2.24, 2.45) is 0 Å². The molecule has 8 heteroatoms. The van der Waals surface area contributed by atoms with Gasteiger partial charge < -0.3 is 9.47 Å². The van der Waals surface area contributed by atoms with Crippen LogP contribution in [0, 0.1) is 6.92 Å². The minimum absolute atomic E-state index is 0.110. The summed E-state index contributed by atoms with van der Waals surface area (Å²) in [5.74, 6) is 3.12. The first-order chi connectivity index (χ1) is 11.4. The van der Waals surface area contributed by atoms with E-state index in [9.17, 15) is 8.42 Å². The molecule has 3 rings (SSSR count). The van der Waals surface area contributed by atoms with E-state index >= 15 is 0 Å². The van der Waals surface area contributed by atoms with Crippen molar-refractivity contribution in [1.29, 1.82) is 0 Å². The number of nitrogens with zero attached hydrogens (tertiary/aromatic N) is 3. The molecule has 2 heterocycles. The summed E-state index contributed by atoms with van der Waals surface area (Å²) in [7, 11) is 0.248. The molecule has 0 amide bonds. The lowest BCUT2D eigenvalue weighted by atomic mass is 10.1. The first-order valence-electron chi connectivity index (χ1n) is 7.75. The maximum atomic E-state index is 11.7. The highest BCUT2D eigenvalue weighted by Crippen LogP contribution is 2.28. The Kier molecular flexibility index (Phi) is 4.49. The van der Waals surface area contributed by atoms with Crippen molar-refractivity contribution in [2.75, 3.05) is 25.7 Å². The van der Waals surface area contributed by atoms with E-state index in [0.717, 1.165) is 11.4 Å². The summed E-state index contributed by atoms with van der Waals surface area (Å²) in [6.07, 6.45) is 1.15. The summed E-state index contributed by atoms with van der Waals surface area (Å²) < 4.78 is 35.6. The number of aryl methyl sites for hydroxylation is 1. The largest absolute Gasteiger partial charge is 0.493 e. The smallest absolute Gasteiger partial charge is 0.161 e. The Bertz CT molecular complexity index is 845. The van der Waals surface area contributed by atoms with Crippen LogP contribution in [0.4, 0.5) is 0 Å². The number of rotatable bonds is 5. The zero-order valence-corrected chi connectivity index (χ0v) is 14.8. The van der Waals surface area contributed by atoms with Crippen LogP contribution in [0.15, 0.2) is 18.2 Å². The minimum Gasteiger partial charge on any atom is -0.493 e. The Labute approximate surface area is 141 Å². The highest BCUT2D eigenvalue weighted by Gasteiger charge is 2.31. The molecular formula is C16H21N3O4S. The predicted molar refractivity (Wildman–Crippen MR) is 89.4 cm³/mol. The van der Waals surface area contributed by atoms with Crippen molar-refractivity contribution in [1.82, 2.24) is 14.8 Å². The molecule has 1 atom stereocenters. The van der Waals surface area contributed by atoms with E-state index in [-0.39, 0.29) is 17.5 Å². The summed E-state index contributed by atoms with van der Waals surface area (Å²) in [6, 6.07) is 5.58. The van der Waals surface area contributed by atoms with Gasteiger partial charge in [0.2, 0.25) is 0 Å². The molecule has 0 radical (unpaired) electrons. The lowest BCUT2D eigenvalue weighted by molar-refractivity contribution is 0.354. The number of ether oxygens (including phenoxy) is 2. The molecule has 130 valence electrons. The minimum atomic E-state index is -2.95. The summed E-state index contributed by atoms with van der Waals surface area (Å²) in [5, 5.41) is 4.52. The fourth-order valence-electron chi connectivity index (χ4n) is 3.02. The monoisotopic (exact) mass is 351 g/mol. The zero-order valence-electron chi connectivity index (χ0n) is 14.0. The SMILES string of the molecule is COc1ccc(Cc2nc(C)n([C@@H]3CCS(=O)(=O)C3)n2)cc1OC. The number of methoxy groups -OCH3 is 2. The third-order valence-electron chi connectivity index (χ3n) is 4.21. The lowest BCUT2D eigenvalue weighted by Gasteiger charge is -2.09. The molecule has 1 aliphatic rings. The van der Waals surface area contributed by atoms with Gasteiger partial charge in [-0.3, -0.25) is 0 Å². The Morgan fingerprint density at radius 1 is 1.25 bits per heavy atom. The van der Waals surface area contributed by atoms with Gasteiger partial charge in [0.25, 0.3) is 0 Å². The predicted octanol–water partition coefficient (Wildman–Crippen LogP) is 1.55. The van der Waals surface area contributed by atoms with Gasteiger partial charge in [-0.1, -0.05) is 6.07 Å². The van der Waals surface area contributed by atoms with Gasteiger partial charge >= 0.3 is 0 Å². The van der Waals surface area contributed by atoms with E-state index in [1.54, 1.807) is 18.9 Å². The zero-order chi connectivity index (χ0) is 17.3. The Balaban J connectivity index is 1.81. The highest BCUT2D eigenvalue weighted by molar-refractivity contribution is 7.91. The average Bonchev–Trinajstić information content (AvgIpc) is 3.09. The third kappa shape index (κ3) is 3.38. The van der Waals surface area contributed by atoms with Crippen molar-refractivity contribution < 1.29 is 17.9 Å². The molecule has 2 aromatic rings. The van der Waals surface area contributed by atoms with Gasteiger partial charge in [0.1, 0.15) is 5.82 Å². The van der Waals surface area contributed by atoms with Crippen molar-refractivity contribution >= 4 is 9.84 Å². The number of benzene rings is 1. The lowest BCUT2D eigenvalue weighted by Crippen LogP contribution is -2.14. The average molecular weight is 351 g/mol. The first kappa shape index (κ1) is 16.8. The van der Waals surface area contributed by atoms with Crippen molar-refractivity contribution in [2.45, 2.75) is 25.8 Å². The van der Waals surface area contributed by atoms with Gasteiger partial charge in [0.05, 0.1) is 31.8 Å². The molecule has 0 N–H and O–H groups in total. The highest BCUT2D eigenvalue weighted by atomic mass is 32.2. The summed E-state index contributed by atoms with van der Waals surface area (Å²) >= 11 is 0. The molecule has 0 bridgehead atoms. The molecule has 1 aromatic carbocycles. The van der Waals surface area contributed by atoms with Crippen molar-refractivity contribution in [3.8, 4) is 11.5 Å². The van der Waals surface area contributed by atoms with Crippen LogP contribution in [-0.4, -0.2) is 48.9 Å². The molecule has 0 unspecified atom stereocenters. The Morgan fingerprint density at radius 3 is 2.62 bits per heavy atom. The normalized spacial score (nSPS) is 19.4. The van der Waals surface area contributed by atoms with E-state index in [0.29, 0.717) is 30.2 Å². The number of hydrogen-bond donors (Lipinski definition) is 0. The van der Waals surface area contributed by atoms with Crippen LogP contribution in [0.1, 0.15) is 29.7 Å². The third-order valence-corrected chi connectivity index (χ3v) is 5.96. The van der Waals surface area contributed by atoms with Crippen LogP contribution in [0.3, 0.4) is 0 Å². The van der Waals surface area contributed by atoms with Gasteiger partial charge in [0.15, 0.2) is 27.2 Å². The summed E-state index contributed by atoms with van der Waals surface area (Å²) in [6.45, 7) is 1.86. The molecule has 0 spiro atoms. The van der Waals surface area contributed by atoms with Crippen molar-refractivity contribution in [3.05, 3.63) is 35.4 Å². The van der Waals surface area contributed by atoms with Gasteiger partial charge in [-0.25, -0.2) is 18.1 Å². The maximum Gasteiger partial charge on any atom is 0.161 e. The van der Waals surface area contributed by atoms with Crippen molar-refractivity contribution in [3.63, 3.8) is 0 Å². The molecule has 1 aromatic heterocycles. The van der Waals surface area contributed by atoms with E-state index in [1.165, 1.54) is 0 Å². The van der Waals surface area contributed by atoms with E-state index in [1.807, 2.05) is 25.1 Å².